The van der Waals surface area contributed by atoms with E-state index in [1.54, 1.807) is 30.3 Å². The second kappa shape index (κ2) is 7.52. The monoisotopic (exact) mass is 337 g/mol. The number of hydrogen-bond acceptors (Lipinski definition) is 2. The summed E-state index contributed by atoms with van der Waals surface area (Å²) in [6, 6.07) is 12.5. The molecular formula is C17H17Cl2NO2. The molecule has 0 aliphatic rings. The number of hydrogen-bond donors (Lipinski definition) is 1. The van der Waals surface area contributed by atoms with Gasteiger partial charge in [-0.1, -0.05) is 48.3 Å². The van der Waals surface area contributed by atoms with Gasteiger partial charge in [0.05, 0.1) is 5.02 Å². The van der Waals surface area contributed by atoms with Gasteiger partial charge in [-0.05, 0) is 43.2 Å². The normalized spacial score (nSPS) is 11.8. The first-order valence-electron chi connectivity index (χ1n) is 7.00. The average Bonchev–Trinajstić information content (AvgIpc) is 2.51. The minimum Gasteiger partial charge on any atom is -0.479 e. The maximum Gasteiger partial charge on any atom is 0.265 e. The number of amides is 1. The summed E-state index contributed by atoms with van der Waals surface area (Å²) >= 11 is 12.1. The molecule has 1 N–H and O–H groups in total. The molecule has 0 aromatic heterocycles. The Hall–Kier alpha value is -1.71. The van der Waals surface area contributed by atoms with Crippen LogP contribution in [0, 0.1) is 6.92 Å². The van der Waals surface area contributed by atoms with Gasteiger partial charge >= 0.3 is 0 Å². The van der Waals surface area contributed by atoms with E-state index in [-0.39, 0.29) is 5.91 Å². The summed E-state index contributed by atoms with van der Waals surface area (Å²) in [5.41, 5.74) is 1.50. The standard InChI is InChI=1S/C17H17Cl2NO2/c1-3-15(22-16-10-5-4-7-13(16)19)17(21)20-14-9-6-8-12(18)11(14)2/h4-10,15H,3H2,1-2H3,(H,20,21)/t15-/m1/s1. The van der Waals surface area contributed by atoms with E-state index in [2.05, 4.69) is 5.32 Å². The molecule has 22 heavy (non-hydrogen) atoms. The molecule has 2 aromatic carbocycles. The molecule has 0 aliphatic heterocycles. The third-order valence-electron chi connectivity index (χ3n) is 3.29. The number of benzene rings is 2. The molecule has 0 spiro atoms. The molecular weight excluding hydrogens is 321 g/mol. The number of carbonyl (C=O) groups is 1. The minimum atomic E-state index is -0.627. The van der Waals surface area contributed by atoms with Crippen LogP contribution in [0.3, 0.4) is 0 Å². The first kappa shape index (κ1) is 16.7. The third kappa shape index (κ3) is 3.93. The summed E-state index contributed by atoms with van der Waals surface area (Å²) in [4.78, 5) is 12.4. The number of para-hydroxylation sites is 1. The van der Waals surface area contributed by atoms with Gasteiger partial charge < -0.3 is 10.1 Å². The number of rotatable bonds is 5. The van der Waals surface area contributed by atoms with Gasteiger partial charge in [0.15, 0.2) is 6.10 Å². The molecule has 0 heterocycles. The number of ether oxygens (including phenoxy) is 1. The van der Waals surface area contributed by atoms with Crippen molar-refractivity contribution in [3.63, 3.8) is 0 Å². The minimum absolute atomic E-state index is 0.229. The van der Waals surface area contributed by atoms with Crippen LogP contribution in [0.15, 0.2) is 42.5 Å². The molecule has 0 saturated heterocycles. The van der Waals surface area contributed by atoms with E-state index in [1.807, 2.05) is 26.0 Å². The summed E-state index contributed by atoms with van der Waals surface area (Å²) in [6.45, 7) is 3.74. The van der Waals surface area contributed by atoms with Gasteiger partial charge in [-0.15, -0.1) is 0 Å². The van der Waals surface area contributed by atoms with Crippen molar-refractivity contribution in [1.29, 1.82) is 0 Å². The van der Waals surface area contributed by atoms with E-state index < -0.39 is 6.10 Å². The van der Waals surface area contributed by atoms with Crippen molar-refractivity contribution >= 4 is 34.8 Å². The molecule has 3 nitrogen and oxygen atoms in total. The SMILES string of the molecule is CC[C@@H](Oc1ccccc1Cl)C(=O)Nc1cccc(Cl)c1C. The number of carbonyl (C=O) groups excluding carboxylic acids is 1. The van der Waals surface area contributed by atoms with Crippen molar-refractivity contribution in [3.8, 4) is 5.75 Å². The molecule has 1 atom stereocenters. The Morgan fingerprint density at radius 1 is 1.14 bits per heavy atom. The lowest BCUT2D eigenvalue weighted by molar-refractivity contribution is -0.122. The fourth-order valence-electron chi connectivity index (χ4n) is 1.97. The van der Waals surface area contributed by atoms with Crippen molar-refractivity contribution in [1.82, 2.24) is 0 Å². The van der Waals surface area contributed by atoms with Gasteiger partial charge in [0.2, 0.25) is 0 Å². The Labute approximate surface area is 140 Å². The second-order valence-corrected chi connectivity index (χ2v) is 5.66. The zero-order valence-corrected chi connectivity index (χ0v) is 13.9. The van der Waals surface area contributed by atoms with E-state index in [9.17, 15) is 4.79 Å². The molecule has 116 valence electrons. The number of anilines is 1. The van der Waals surface area contributed by atoms with Crippen molar-refractivity contribution < 1.29 is 9.53 Å². The van der Waals surface area contributed by atoms with Crippen LogP contribution in [-0.4, -0.2) is 12.0 Å². The smallest absolute Gasteiger partial charge is 0.265 e. The molecule has 0 saturated carbocycles. The second-order valence-electron chi connectivity index (χ2n) is 4.85. The van der Waals surface area contributed by atoms with Crippen molar-refractivity contribution in [2.75, 3.05) is 5.32 Å². The fourth-order valence-corrected chi connectivity index (χ4v) is 2.33. The van der Waals surface area contributed by atoms with Crippen molar-refractivity contribution in [2.45, 2.75) is 26.4 Å². The lowest BCUT2D eigenvalue weighted by atomic mass is 10.2. The van der Waals surface area contributed by atoms with Crippen LogP contribution in [0.2, 0.25) is 10.0 Å². The lowest BCUT2D eigenvalue weighted by Crippen LogP contribution is -2.32. The fraction of sp³-hybridized carbons (Fsp3) is 0.235. The zero-order valence-electron chi connectivity index (χ0n) is 12.4. The van der Waals surface area contributed by atoms with Gasteiger partial charge in [0, 0.05) is 10.7 Å². The molecule has 2 aromatic rings. The highest BCUT2D eigenvalue weighted by atomic mass is 35.5. The Bertz CT molecular complexity index is 673. The Kier molecular flexibility index (Phi) is 5.69. The molecule has 0 radical (unpaired) electrons. The summed E-state index contributed by atoms with van der Waals surface area (Å²) in [7, 11) is 0. The Morgan fingerprint density at radius 2 is 1.82 bits per heavy atom. The number of nitrogens with one attached hydrogen (secondary N) is 1. The molecule has 0 bridgehead atoms. The van der Waals surface area contributed by atoms with Gasteiger partial charge in [-0.3, -0.25) is 4.79 Å². The highest BCUT2D eigenvalue weighted by molar-refractivity contribution is 6.32. The van der Waals surface area contributed by atoms with Crippen molar-refractivity contribution in [2.24, 2.45) is 0 Å². The molecule has 0 fully saturated rings. The molecule has 2 rings (SSSR count). The molecule has 1 amide bonds. The first-order valence-corrected chi connectivity index (χ1v) is 7.75. The third-order valence-corrected chi connectivity index (χ3v) is 4.02. The maximum atomic E-state index is 12.4. The first-order chi connectivity index (χ1) is 10.5. The molecule has 0 unspecified atom stereocenters. The Morgan fingerprint density at radius 3 is 2.50 bits per heavy atom. The van der Waals surface area contributed by atoms with E-state index in [4.69, 9.17) is 27.9 Å². The summed E-state index contributed by atoms with van der Waals surface area (Å²) in [5, 5.41) is 3.94. The highest BCUT2D eigenvalue weighted by Crippen LogP contribution is 2.26. The number of halogens is 2. The van der Waals surface area contributed by atoms with E-state index in [0.29, 0.717) is 27.9 Å². The van der Waals surface area contributed by atoms with Crippen LogP contribution < -0.4 is 10.1 Å². The summed E-state index contributed by atoms with van der Waals surface area (Å²) in [5.74, 6) is 0.266. The van der Waals surface area contributed by atoms with Gasteiger partial charge in [-0.2, -0.15) is 0 Å². The van der Waals surface area contributed by atoms with Gasteiger partial charge in [0.1, 0.15) is 5.75 Å². The molecule has 5 heteroatoms. The predicted molar refractivity (Wildman–Crippen MR) is 91.0 cm³/mol. The summed E-state index contributed by atoms with van der Waals surface area (Å²) < 4.78 is 5.72. The van der Waals surface area contributed by atoms with Crippen LogP contribution in [0.25, 0.3) is 0 Å². The van der Waals surface area contributed by atoms with E-state index in [0.717, 1.165) is 5.56 Å². The highest BCUT2D eigenvalue weighted by Gasteiger charge is 2.20. The Balaban J connectivity index is 2.12. The van der Waals surface area contributed by atoms with Crippen molar-refractivity contribution in [3.05, 3.63) is 58.1 Å². The van der Waals surface area contributed by atoms with Gasteiger partial charge in [-0.25, -0.2) is 0 Å². The predicted octanol–water partition coefficient (Wildman–Crippen LogP) is 5.10. The maximum absolute atomic E-state index is 12.4. The topological polar surface area (TPSA) is 38.3 Å². The van der Waals surface area contributed by atoms with E-state index >= 15 is 0 Å². The van der Waals surface area contributed by atoms with E-state index in [1.165, 1.54) is 0 Å². The largest absolute Gasteiger partial charge is 0.479 e. The summed E-state index contributed by atoms with van der Waals surface area (Å²) in [6.07, 6.45) is -0.102. The quantitative estimate of drug-likeness (QED) is 0.824. The van der Waals surface area contributed by atoms with Gasteiger partial charge in [0.25, 0.3) is 5.91 Å². The lowest BCUT2D eigenvalue weighted by Gasteiger charge is -2.19. The van der Waals surface area contributed by atoms with Crippen LogP contribution in [0.4, 0.5) is 5.69 Å². The van der Waals surface area contributed by atoms with Crippen LogP contribution in [-0.2, 0) is 4.79 Å². The van der Waals surface area contributed by atoms with Crippen LogP contribution in [0.1, 0.15) is 18.9 Å². The zero-order chi connectivity index (χ0) is 16.1. The van der Waals surface area contributed by atoms with Crippen LogP contribution >= 0.6 is 23.2 Å². The average molecular weight is 338 g/mol. The van der Waals surface area contributed by atoms with Crippen LogP contribution in [0.5, 0.6) is 5.75 Å². The molecule has 0 aliphatic carbocycles.